The number of nitrogens with zero attached hydrogens (tertiary/aromatic N) is 3. The zero-order valence-corrected chi connectivity index (χ0v) is 16.4. The number of aromatic nitrogens is 2. The summed E-state index contributed by atoms with van der Waals surface area (Å²) in [5.74, 6) is 0. The third-order valence-corrected chi connectivity index (χ3v) is 6.29. The molecule has 0 saturated carbocycles. The number of fused-ring (bicyclic) bond motifs is 3. The molecule has 29 heavy (non-hydrogen) atoms. The Hall–Kier alpha value is -2.17. The summed E-state index contributed by atoms with van der Waals surface area (Å²) in [6.45, 7) is 1.54. The van der Waals surface area contributed by atoms with E-state index in [0.29, 0.717) is 39.8 Å². The van der Waals surface area contributed by atoms with Gasteiger partial charge in [-0.05, 0) is 30.5 Å². The molecule has 3 aromatic rings. The van der Waals surface area contributed by atoms with Gasteiger partial charge in [-0.25, -0.2) is 4.98 Å². The van der Waals surface area contributed by atoms with Gasteiger partial charge in [-0.2, -0.15) is 18.2 Å². The van der Waals surface area contributed by atoms with Crippen LogP contribution in [-0.2, 0) is 4.74 Å². The number of alkyl halides is 3. The van der Waals surface area contributed by atoms with Crippen LogP contribution in [0.4, 0.5) is 19.2 Å². The summed E-state index contributed by atoms with van der Waals surface area (Å²) in [5.41, 5.74) is 1.30. The third kappa shape index (κ3) is 3.38. The first kappa shape index (κ1) is 18.8. The van der Waals surface area contributed by atoms with Crippen LogP contribution in [0.5, 0.6) is 0 Å². The maximum atomic E-state index is 13.5. The summed E-state index contributed by atoms with van der Waals surface area (Å²) in [6.07, 6.45) is -2.75. The van der Waals surface area contributed by atoms with Crippen LogP contribution in [-0.4, -0.2) is 48.4 Å². The fourth-order valence-corrected chi connectivity index (χ4v) is 4.91. The van der Waals surface area contributed by atoms with E-state index in [1.54, 1.807) is 11.6 Å². The Morgan fingerprint density at radius 1 is 1.28 bits per heavy atom. The lowest BCUT2D eigenvalue weighted by atomic mass is 10.0. The van der Waals surface area contributed by atoms with Crippen molar-refractivity contribution in [3.63, 3.8) is 0 Å². The third-order valence-electron chi connectivity index (χ3n) is 5.49. The molecule has 0 amide bonds. The van der Waals surface area contributed by atoms with E-state index >= 15 is 0 Å². The van der Waals surface area contributed by atoms with Crippen LogP contribution in [0.3, 0.4) is 0 Å². The molecule has 2 aliphatic heterocycles. The molecule has 0 aliphatic carbocycles. The van der Waals surface area contributed by atoms with Crippen molar-refractivity contribution in [3.05, 3.63) is 29.3 Å². The standard InChI is InChI=1S/C19H19F3N4O2S/c1-27-16(19(20,21)22)10-6-13(17-23-4-5-29-17)15-14(7-10)25-18(28-15)26-8-11-2-3-12(9-26)24-11/h4-7,11-12,16,24H,2-3,8-9H2,1H3/t11?,12?,16-/m0/s1. The summed E-state index contributed by atoms with van der Waals surface area (Å²) >= 11 is 1.34. The smallest absolute Gasteiger partial charge is 0.418 e. The average molecular weight is 424 g/mol. The van der Waals surface area contributed by atoms with Gasteiger partial charge in [-0.15, -0.1) is 11.3 Å². The predicted molar refractivity (Wildman–Crippen MR) is 103 cm³/mol. The maximum absolute atomic E-state index is 13.5. The van der Waals surface area contributed by atoms with Crippen molar-refractivity contribution in [2.45, 2.75) is 37.2 Å². The summed E-state index contributed by atoms with van der Waals surface area (Å²) in [7, 11) is 1.05. The minimum absolute atomic E-state index is 0.0158. The first-order valence-corrected chi connectivity index (χ1v) is 10.2. The van der Waals surface area contributed by atoms with Gasteiger partial charge in [0.05, 0.1) is 5.56 Å². The summed E-state index contributed by atoms with van der Waals surface area (Å²) in [6, 6.07) is 4.06. The van der Waals surface area contributed by atoms with Crippen molar-refractivity contribution in [1.29, 1.82) is 0 Å². The highest BCUT2D eigenvalue weighted by atomic mass is 32.1. The minimum atomic E-state index is -4.53. The van der Waals surface area contributed by atoms with Gasteiger partial charge in [0.1, 0.15) is 10.5 Å². The predicted octanol–water partition coefficient (Wildman–Crippen LogP) is 4.14. The van der Waals surface area contributed by atoms with Crippen LogP contribution >= 0.6 is 11.3 Å². The fraction of sp³-hybridized carbons (Fsp3) is 0.474. The van der Waals surface area contributed by atoms with Gasteiger partial charge in [-0.3, -0.25) is 0 Å². The van der Waals surface area contributed by atoms with E-state index < -0.39 is 12.3 Å². The molecule has 3 atom stereocenters. The Bertz CT molecular complexity index is 1010. The number of benzene rings is 1. The molecule has 0 spiro atoms. The van der Waals surface area contributed by atoms with Crippen molar-refractivity contribution in [3.8, 4) is 10.6 Å². The Labute approximate surface area is 168 Å². The number of hydrogen-bond donors (Lipinski definition) is 1. The highest BCUT2D eigenvalue weighted by molar-refractivity contribution is 7.13. The van der Waals surface area contributed by atoms with E-state index in [2.05, 4.69) is 20.2 Å². The van der Waals surface area contributed by atoms with Crippen LogP contribution in [0.15, 0.2) is 28.1 Å². The Morgan fingerprint density at radius 2 is 2.03 bits per heavy atom. The molecule has 2 bridgehead atoms. The second-order valence-corrected chi connectivity index (χ2v) is 8.35. The van der Waals surface area contributed by atoms with Gasteiger partial charge in [-0.1, -0.05) is 0 Å². The number of methoxy groups -OCH3 is 1. The molecular weight excluding hydrogens is 405 g/mol. The van der Waals surface area contributed by atoms with Crippen molar-refractivity contribution >= 4 is 28.5 Å². The number of piperazine rings is 1. The van der Waals surface area contributed by atoms with Crippen LogP contribution < -0.4 is 10.2 Å². The van der Waals surface area contributed by atoms with E-state index in [1.165, 1.54) is 23.5 Å². The molecule has 2 fully saturated rings. The average Bonchev–Trinajstić information content (AvgIpc) is 3.40. The minimum Gasteiger partial charge on any atom is -0.423 e. The molecule has 1 aromatic carbocycles. The largest absolute Gasteiger partial charge is 0.423 e. The van der Waals surface area contributed by atoms with Crippen LogP contribution in [0.25, 0.3) is 21.7 Å². The molecule has 6 nitrogen and oxygen atoms in total. The Kier molecular flexibility index (Phi) is 4.52. The van der Waals surface area contributed by atoms with Crippen molar-refractivity contribution in [2.24, 2.45) is 0 Å². The lowest BCUT2D eigenvalue weighted by Gasteiger charge is -2.31. The first-order chi connectivity index (χ1) is 13.9. The SMILES string of the molecule is CO[C@@H](c1cc(-c2nccs2)c2oc(N3CC4CCC(C3)N4)nc2c1)C(F)(F)F. The number of hydrogen-bond acceptors (Lipinski definition) is 7. The number of anilines is 1. The molecule has 2 aromatic heterocycles. The lowest BCUT2D eigenvalue weighted by Crippen LogP contribution is -2.51. The molecular formula is C19H19F3N4O2S. The summed E-state index contributed by atoms with van der Waals surface area (Å²) < 4.78 is 51.3. The molecule has 2 saturated heterocycles. The Morgan fingerprint density at radius 3 is 2.66 bits per heavy atom. The van der Waals surface area contributed by atoms with Crippen molar-refractivity contribution in [1.82, 2.24) is 15.3 Å². The zero-order chi connectivity index (χ0) is 20.2. The highest BCUT2D eigenvalue weighted by Crippen LogP contribution is 2.41. The summed E-state index contributed by atoms with van der Waals surface area (Å²) in [5, 5.41) is 5.90. The van der Waals surface area contributed by atoms with E-state index in [4.69, 9.17) is 9.15 Å². The van der Waals surface area contributed by atoms with Gasteiger partial charge >= 0.3 is 6.18 Å². The normalized spacial score (nSPS) is 23.1. The number of nitrogens with one attached hydrogen (secondary N) is 1. The first-order valence-electron chi connectivity index (χ1n) is 9.37. The van der Waals surface area contributed by atoms with E-state index in [0.717, 1.165) is 33.0 Å². The van der Waals surface area contributed by atoms with Gasteiger partial charge < -0.3 is 19.4 Å². The number of thiazole rings is 1. The number of oxazole rings is 1. The maximum Gasteiger partial charge on any atom is 0.418 e. The van der Waals surface area contributed by atoms with Gasteiger partial charge in [0, 0.05) is 43.9 Å². The molecule has 4 heterocycles. The highest BCUT2D eigenvalue weighted by Gasteiger charge is 2.42. The van der Waals surface area contributed by atoms with Crippen LogP contribution in [0.2, 0.25) is 0 Å². The van der Waals surface area contributed by atoms with Crippen molar-refractivity contribution in [2.75, 3.05) is 25.1 Å². The lowest BCUT2D eigenvalue weighted by molar-refractivity contribution is -0.215. The van der Waals surface area contributed by atoms with E-state index in [9.17, 15) is 13.2 Å². The van der Waals surface area contributed by atoms with Gasteiger partial charge in [0.2, 0.25) is 0 Å². The second-order valence-electron chi connectivity index (χ2n) is 7.45. The molecule has 2 unspecified atom stereocenters. The number of ether oxygens (including phenoxy) is 1. The number of rotatable bonds is 4. The molecule has 154 valence electrons. The molecule has 2 aliphatic rings. The Balaban J connectivity index is 1.62. The van der Waals surface area contributed by atoms with Gasteiger partial charge in [0.15, 0.2) is 11.7 Å². The topological polar surface area (TPSA) is 63.4 Å². The fourth-order valence-electron chi connectivity index (χ4n) is 4.26. The van der Waals surface area contributed by atoms with Gasteiger partial charge in [0.25, 0.3) is 6.01 Å². The molecule has 1 N–H and O–H groups in total. The second kappa shape index (κ2) is 6.96. The van der Waals surface area contributed by atoms with Crippen LogP contribution in [0.1, 0.15) is 24.5 Å². The number of halogens is 3. The molecule has 0 radical (unpaired) electrons. The zero-order valence-electron chi connectivity index (χ0n) is 15.6. The molecule has 10 heteroatoms. The van der Waals surface area contributed by atoms with Crippen molar-refractivity contribution < 1.29 is 22.3 Å². The quantitative estimate of drug-likeness (QED) is 0.679. The molecule has 5 rings (SSSR count). The summed E-state index contributed by atoms with van der Waals surface area (Å²) in [4.78, 5) is 10.9. The van der Waals surface area contributed by atoms with Crippen LogP contribution in [0, 0.1) is 0 Å². The monoisotopic (exact) mass is 424 g/mol. The van der Waals surface area contributed by atoms with E-state index in [-0.39, 0.29) is 5.56 Å². The van der Waals surface area contributed by atoms with E-state index in [1.807, 2.05) is 0 Å².